The van der Waals surface area contributed by atoms with Gasteiger partial charge in [-0.25, -0.2) is 0 Å². The van der Waals surface area contributed by atoms with Gasteiger partial charge in [0.1, 0.15) is 0 Å². The Morgan fingerprint density at radius 1 is 0.923 bits per heavy atom. The van der Waals surface area contributed by atoms with E-state index < -0.39 is 5.97 Å². The maximum Gasteiger partial charge on any atom is 0.310 e. The van der Waals surface area contributed by atoms with Crippen molar-refractivity contribution in [2.45, 2.75) is 26.2 Å². The van der Waals surface area contributed by atoms with E-state index in [9.17, 15) is 4.79 Å². The molecule has 4 nitrogen and oxygen atoms in total. The average Bonchev–Trinajstić information content (AvgIpc) is 2.60. The summed E-state index contributed by atoms with van der Waals surface area (Å²) in [5.74, 6) is -0.926. The van der Waals surface area contributed by atoms with E-state index in [1.807, 2.05) is 0 Å². The number of rotatable bonds is 4. The Morgan fingerprint density at radius 3 is 2.38 bits per heavy atom. The highest BCUT2D eigenvalue weighted by Gasteiger charge is 2.32. The van der Waals surface area contributed by atoms with Gasteiger partial charge in [-0.15, -0.1) is 0 Å². The van der Waals surface area contributed by atoms with Crippen molar-refractivity contribution in [1.29, 1.82) is 0 Å². The number of piperidine rings is 1. The summed E-state index contributed by atoms with van der Waals surface area (Å²) in [5, 5.41) is 9.11. The van der Waals surface area contributed by atoms with Gasteiger partial charge in [-0.05, 0) is 67.1 Å². The summed E-state index contributed by atoms with van der Waals surface area (Å²) in [4.78, 5) is 15.7. The summed E-state index contributed by atoms with van der Waals surface area (Å²) in [6, 6.07) is 15.4. The van der Waals surface area contributed by atoms with Crippen LogP contribution in [0.5, 0.6) is 0 Å². The van der Waals surface area contributed by atoms with E-state index in [2.05, 4.69) is 59.2 Å². The minimum Gasteiger partial charge on any atom is -0.481 e. The Kier molecular flexibility index (Phi) is 4.58. The summed E-state index contributed by atoms with van der Waals surface area (Å²) in [6.45, 7) is 5.60. The lowest BCUT2D eigenvalue weighted by Gasteiger charge is -2.39. The number of benzene rings is 2. The first-order chi connectivity index (χ1) is 12.6. The lowest BCUT2D eigenvalue weighted by Crippen LogP contribution is -2.50. The van der Waals surface area contributed by atoms with Crippen molar-refractivity contribution in [3.8, 4) is 11.1 Å². The second-order valence-corrected chi connectivity index (χ2v) is 7.60. The molecule has 0 saturated carbocycles. The average molecular weight is 350 g/mol. The minimum atomic E-state index is -0.691. The number of nitrogens with zero attached hydrogens (tertiary/aromatic N) is 2. The van der Waals surface area contributed by atoms with E-state index in [1.165, 1.54) is 41.6 Å². The molecule has 4 rings (SSSR count). The van der Waals surface area contributed by atoms with Gasteiger partial charge in [0.25, 0.3) is 0 Å². The van der Waals surface area contributed by atoms with E-state index in [1.54, 1.807) is 0 Å². The van der Waals surface area contributed by atoms with Crippen molar-refractivity contribution in [3.63, 3.8) is 0 Å². The zero-order valence-corrected chi connectivity index (χ0v) is 15.3. The molecule has 0 amide bonds. The fraction of sp³-hybridized carbons (Fsp3) is 0.409. The number of aryl methyl sites for hydroxylation is 1. The minimum absolute atomic E-state index is 0.235. The monoisotopic (exact) mass is 350 g/mol. The molecule has 2 aromatic rings. The summed E-state index contributed by atoms with van der Waals surface area (Å²) < 4.78 is 0. The molecule has 0 radical (unpaired) electrons. The zero-order chi connectivity index (χ0) is 18.1. The molecule has 2 aliphatic rings. The molecule has 2 heterocycles. The number of carboxylic acid groups (broad SMARTS) is 1. The highest BCUT2D eigenvalue weighted by molar-refractivity contribution is 5.77. The fourth-order valence-electron chi connectivity index (χ4n) is 3.99. The number of carbonyl (C=O) groups is 1. The molecular formula is C22H26N2O2. The van der Waals surface area contributed by atoms with Gasteiger partial charge in [-0.3, -0.25) is 4.79 Å². The topological polar surface area (TPSA) is 43.8 Å². The second kappa shape index (κ2) is 7.02. The van der Waals surface area contributed by atoms with Crippen molar-refractivity contribution >= 4 is 17.3 Å². The first-order valence-corrected chi connectivity index (χ1v) is 9.55. The molecule has 4 heteroatoms. The van der Waals surface area contributed by atoms with E-state index in [-0.39, 0.29) is 5.92 Å². The number of hydrogen-bond donors (Lipinski definition) is 1. The second-order valence-electron chi connectivity index (χ2n) is 7.60. The van der Waals surface area contributed by atoms with Gasteiger partial charge in [0.05, 0.1) is 5.92 Å². The third-order valence-corrected chi connectivity index (χ3v) is 5.56. The summed E-state index contributed by atoms with van der Waals surface area (Å²) in [7, 11) is 0. The number of carboxylic acids is 1. The lowest BCUT2D eigenvalue weighted by atomic mass is 9.96. The predicted molar refractivity (Wildman–Crippen MR) is 106 cm³/mol. The lowest BCUT2D eigenvalue weighted by molar-refractivity contribution is -0.142. The molecule has 2 aliphatic heterocycles. The van der Waals surface area contributed by atoms with E-state index in [4.69, 9.17) is 5.11 Å². The Bertz CT molecular complexity index is 806. The van der Waals surface area contributed by atoms with E-state index >= 15 is 0 Å². The van der Waals surface area contributed by atoms with Crippen LogP contribution in [0.1, 0.15) is 24.8 Å². The van der Waals surface area contributed by atoms with Gasteiger partial charge >= 0.3 is 5.97 Å². The molecule has 0 aromatic heterocycles. The van der Waals surface area contributed by atoms with Crippen LogP contribution in [-0.4, -0.2) is 37.3 Å². The van der Waals surface area contributed by atoms with Crippen LogP contribution in [0.15, 0.2) is 42.5 Å². The molecule has 0 atom stereocenters. The van der Waals surface area contributed by atoms with Crippen molar-refractivity contribution in [1.82, 2.24) is 0 Å². The van der Waals surface area contributed by atoms with Crippen LogP contribution in [0.25, 0.3) is 11.1 Å². The van der Waals surface area contributed by atoms with Gasteiger partial charge in [0.15, 0.2) is 0 Å². The van der Waals surface area contributed by atoms with Gasteiger partial charge in [-0.2, -0.15) is 0 Å². The Morgan fingerprint density at radius 2 is 1.65 bits per heavy atom. The fourth-order valence-corrected chi connectivity index (χ4v) is 3.99. The Balaban J connectivity index is 1.59. The highest BCUT2D eigenvalue weighted by Crippen LogP contribution is 2.32. The Labute approximate surface area is 155 Å². The van der Waals surface area contributed by atoms with Gasteiger partial charge in [0, 0.05) is 37.6 Å². The number of hydrogen-bond acceptors (Lipinski definition) is 3. The van der Waals surface area contributed by atoms with Crippen LogP contribution in [-0.2, 0) is 4.79 Å². The van der Waals surface area contributed by atoms with E-state index in [0.717, 1.165) is 18.8 Å². The van der Waals surface area contributed by atoms with E-state index in [0.29, 0.717) is 13.1 Å². The molecule has 1 N–H and O–H groups in total. The van der Waals surface area contributed by atoms with Gasteiger partial charge in [-0.1, -0.05) is 18.2 Å². The summed E-state index contributed by atoms with van der Waals surface area (Å²) in [5.41, 5.74) is 6.08. The van der Waals surface area contributed by atoms with Crippen molar-refractivity contribution in [2.75, 3.05) is 36.0 Å². The van der Waals surface area contributed by atoms with Crippen molar-refractivity contribution in [3.05, 3.63) is 48.0 Å². The molecule has 2 fully saturated rings. The van der Waals surface area contributed by atoms with Crippen LogP contribution in [0, 0.1) is 12.8 Å². The smallest absolute Gasteiger partial charge is 0.310 e. The number of anilines is 2. The van der Waals surface area contributed by atoms with Crippen molar-refractivity contribution in [2.24, 2.45) is 5.92 Å². The quantitative estimate of drug-likeness (QED) is 0.899. The highest BCUT2D eigenvalue weighted by atomic mass is 16.4. The summed E-state index contributed by atoms with van der Waals surface area (Å²) >= 11 is 0. The largest absolute Gasteiger partial charge is 0.481 e. The molecule has 2 saturated heterocycles. The number of aliphatic carboxylic acids is 1. The van der Waals surface area contributed by atoms with Gasteiger partial charge < -0.3 is 14.9 Å². The molecule has 136 valence electrons. The third kappa shape index (κ3) is 3.41. The zero-order valence-electron chi connectivity index (χ0n) is 15.3. The third-order valence-electron chi connectivity index (χ3n) is 5.56. The first-order valence-electron chi connectivity index (χ1n) is 9.55. The Hall–Kier alpha value is -2.49. The molecule has 0 aliphatic carbocycles. The van der Waals surface area contributed by atoms with Crippen LogP contribution < -0.4 is 9.80 Å². The maximum atomic E-state index is 11.1. The van der Waals surface area contributed by atoms with Crippen molar-refractivity contribution < 1.29 is 9.90 Å². The maximum absolute atomic E-state index is 11.1. The molecule has 0 unspecified atom stereocenters. The predicted octanol–water partition coefficient (Wildman–Crippen LogP) is 4.17. The molecular weight excluding hydrogens is 324 g/mol. The first kappa shape index (κ1) is 17.0. The van der Waals surface area contributed by atoms with Crippen LogP contribution in [0.4, 0.5) is 11.4 Å². The molecule has 0 spiro atoms. The standard InChI is InChI=1S/C22H26N2O2/c1-16-10-18(13-21(11-16)24-14-19(15-24)22(25)26)17-6-5-7-20(12-17)23-8-3-2-4-9-23/h5-7,10-13,19H,2-4,8-9,14-15H2,1H3,(H,25,26). The molecule has 26 heavy (non-hydrogen) atoms. The van der Waals surface area contributed by atoms with Crippen LogP contribution >= 0.6 is 0 Å². The summed E-state index contributed by atoms with van der Waals surface area (Å²) in [6.07, 6.45) is 3.89. The molecule has 2 aromatic carbocycles. The van der Waals surface area contributed by atoms with Gasteiger partial charge in [0.2, 0.25) is 0 Å². The molecule has 0 bridgehead atoms. The van der Waals surface area contributed by atoms with Crippen LogP contribution in [0.3, 0.4) is 0 Å². The van der Waals surface area contributed by atoms with Crippen LogP contribution in [0.2, 0.25) is 0 Å². The normalized spacial score (nSPS) is 17.9. The SMILES string of the molecule is Cc1cc(-c2cccc(N3CCCCC3)c2)cc(N2CC(C(=O)O)C2)c1.